The van der Waals surface area contributed by atoms with Crippen LogP contribution in [0.1, 0.15) is 25.3 Å². The molecule has 136 valence electrons. The lowest BCUT2D eigenvalue weighted by atomic mass is 9.72. The predicted molar refractivity (Wildman–Crippen MR) is 106 cm³/mol. The Hall–Kier alpha value is -2.27. The van der Waals surface area contributed by atoms with Crippen molar-refractivity contribution in [2.24, 2.45) is 0 Å². The molecule has 26 heavy (non-hydrogen) atoms. The number of nitrogens with zero attached hydrogens (tertiary/aromatic N) is 1. The van der Waals surface area contributed by atoms with Crippen molar-refractivity contribution >= 4 is 29.3 Å². The van der Waals surface area contributed by atoms with E-state index >= 15 is 0 Å². The zero-order valence-electron chi connectivity index (χ0n) is 15.2. The zero-order chi connectivity index (χ0) is 18.6. The molecule has 1 aliphatic rings. The summed E-state index contributed by atoms with van der Waals surface area (Å²) in [4.78, 5) is 28.0. The number of benzene rings is 2. The molecule has 2 aromatic rings. The molecule has 0 radical (unpaired) electrons. The number of carbonyl (C=O) groups excluding carboxylic acids is 2. The topological polar surface area (TPSA) is 49.4 Å². The van der Waals surface area contributed by atoms with Gasteiger partial charge in [0.2, 0.25) is 11.8 Å². The summed E-state index contributed by atoms with van der Waals surface area (Å²) in [7, 11) is 0. The monoisotopic (exact) mass is 368 g/mol. The predicted octanol–water partition coefficient (Wildman–Crippen LogP) is 3.93. The van der Waals surface area contributed by atoms with E-state index in [1.54, 1.807) is 18.7 Å². The van der Waals surface area contributed by atoms with E-state index in [4.69, 9.17) is 0 Å². The van der Waals surface area contributed by atoms with Crippen LogP contribution in [0, 0.1) is 0 Å². The average molecular weight is 369 g/mol. The number of carbonyl (C=O) groups is 2. The Bertz CT molecular complexity index is 766. The molecule has 1 aliphatic heterocycles. The molecule has 2 amide bonds. The van der Waals surface area contributed by atoms with Crippen molar-refractivity contribution in [3.63, 3.8) is 0 Å². The van der Waals surface area contributed by atoms with Gasteiger partial charge in [0.1, 0.15) is 0 Å². The molecule has 2 aromatic carbocycles. The minimum absolute atomic E-state index is 0.00352. The summed E-state index contributed by atoms with van der Waals surface area (Å²) in [6, 6.07) is 17.8. The van der Waals surface area contributed by atoms with Gasteiger partial charge in [0.25, 0.3) is 0 Å². The van der Waals surface area contributed by atoms with Gasteiger partial charge in [-0.2, -0.15) is 0 Å². The Labute approximate surface area is 159 Å². The first-order valence-electron chi connectivity index (χ1n) is 8.82. The third-order valence-corrected chi connectivity index (χ3v) is 5.91. The lowest BCUT2D eigenvalue weighted by molar-refractivity contribution is -0.133. The molecular weight excluding hydrogens is 344 g/mol. The molecule has 0 atom stereocenters. The number of amides is 2. The van der Waals surface area contributed by atoms with E-state index in [1.165, 1.54) is 0 Å². The van der Waals surface area contributed by atoms with E-state index in [1.807, 2.05) is 65.8 Å². The van der Waals surface area contributed by atoms with Gasteiger partial charge in [-0.05, 0) is 48.9 Å². The zero-order valence-corrected chi connectivity index (χ0v) is 16.0. The average Bonchev–Trinajstić information content (AvgIpc) is 2.69. The van der Waals surface area contributed by atoms with Crippen molar-refractivity contribution in [2.45, 2.75) is 30.1 Å². The number of rotatable bonds is 4. The summed E-state index contributed by atoms with van der Waals surface area (Å²) in [5, 5.41) is 3.09. The Kier molecular flexibility index (Phi) is 5.67. The second-order valence-electron chi connectivity index (χ2n) is 6.64. The standard InChI is InChI=1S/C21H24N2O2S/c1-16(24)23-14-12-21(13-15-23,17-6-4-3-5-7-17)20(25)22-18-8-10-19(26-2)11-9-18/h3-11H,12-15H2,1-2H3,(H,22,25). The molecule has 3 rings (SSSR count). The molecule has 4 nitrogen and oxygen atoms in total. The third kappa shape index (κ3) is 3.78. The molecule has 0 unspecified atom stereocenters. The number of hydrogen-bond donors (Lipinski definition) is 1. The van der Waals surface area contributed by atoms with Gasteiger partial charge in [-0.3, -0.25) is 9.59 Å². The summed E-state index contributed by atoms with van der Waals surface area (Å²) in [5.41, 5.74) is 1.21. The molecule has 0 saturated carbocycles. The van der Waals surface area contributed by atoms with Crippen LogP contribution in [-0.2, 0) is 15.0 Å². The molecule has 1 N–H and O–H groups in total. The second-order valence-corrected chi connectivity index (χ2v) is 7.52. The van der Waals surface area contributed by atoms with Crippen molar-refractivity contribution in [1.82, 2.24) is 4.90 Å². The first-order chi connectivity index (χ1) is 12.5. The van der Waals surface area contributed by atoms with Gasteiger partial charge >= 0.3 is 0 Å². The van der Waals surface area contributed by atoms with Crippen LogP contribution in [-0.4, -0.2) is 36.1 Å². The van der Waals surface area contributed by atoms with Gasteiger partial charge in [-0.25, -0.2) is 0 Å². The SMILES string of the molecule is CSc1ccc(NC(=O)C2(c3ccccc3)CCN(C(C)=O)CC2)cc1. The van der Waals surface area contributed by atoms with Gasteiger partial charge in [-0.1, -0.05) is 30.3 Å². The molecule has 1 fully saturated rings. The Morgan fingerprint density at radius 1 is 1.00 bits per heavy atom. The van der Waals surface area contributed by atoms with E-state index in [0.29, 0.717) is 25.9 Å². The van der Waals surface area contributed by atoms with Crippen molar-refractivity contribution in [1.29, 1.82) is 0 Å². The first-order valence-corrected chi connectivity index (χ1v) is 10.0. The van der Waals surface area contributed by atoms with E-state index in [0.717, 1.165) is 16.1 Å². The minimum Gasteiger partial charge on any atom is -0.343 e. The molecule has 5 heteroatoms. The van der Waals surface area contributed by atoms with Crippen LogP contribution in [0.2, 0.25) is 0 Å². The fraction of sp³-hybridized carbons (Fsp3) is 0.333. The highest BCUT2D eigenvalue weighted by atomic mass is 32.2. The molecule has 0 bridgehead atoms. The maximum Gasteiger partial charge on any atom is 0.235 e. The highest BCUT2D eigenvalue weighted by Crippen LogP contribution is 2.37. The van der Waals surface area contributed by atoms with Gasteiger partial charge in [0, 0.05) is 30.6 Å². The Morgan fingerprint density at radius 3 is 2.15 bits per heavy atom. The summed E-state index contributed by atoms with van der Waals surface area (Å²) >= 11 is 1.67. The van der Waals surface area contributed by atoms with Gasteiger partial charge in [-0.15, -0.1) is 11.8 Å². The van der Waals surface area contributed by atoms with E-state index in [9.17, 15) is 9.59 Å². The molecule has 1 saturated heterocycles. The second kappa shape index (κ2) is 7.96. The fourth-order valence-electron chi connectivity index (χ4n) is 3.53. The Morgan fingerprint density at radius 2 is 1.62 bits per heavy atom. The molecule has 0 aliphatic carbocycles. The Balaban J connectivity index is 1.86. The van der Waals surface area contributed by atoms with Gasteiger partial charge in [0.05, 0.1) is 5.41 Å². The van der Waals surface area contributed by atoms with Crippen LogP contribution in [0.25, 0.3) is 0 Å². The quantitative estimate of drug-likeness (QED) is 0.832. The van der Waals surface area contributed by atoms with Crippen LogP contribution in [0.5, 0.6) is 0 Å². The molecule has 0 spiro atoms. The van der Waals surface area contributed by atoms with Crippen LogP contribution < -0.4 is 5.32 Å². The number of anilines is 1. The highest BCUT2D eigenvalue weighted by Gasteiger charge is 2.43. The van der Waals surface area contributed by atoms with Crippen LogP contribution in [0.3, 0.4) is 0 Å². The van der Waals surface area contributed by atoms with Gasteiger partial charge < -0.3 is 10.2 Å². The first kappa shape index (κ1) is 18.5. The van der Waals surface area contributed by atoms with Crippen molar-refractivity contribution in [3.05, 3.63) is 60.2 Å². The summed E-state index contributed by atoms with van der Waals surface area (Å²) < 4.78 is 0. The number of hydrogen-bond acceptors (Lipinski definition) is 3. The smallest absolute Gasteiger partial charge is 0.235 e. The maximum atomic E-state index is 13.3. The van der Waals surface area contributed by atoms with E-state index in [-0.39, 0.29) is 11.8 Å². The number of piperidine rings is 1. The maximum absolute atomic E-state index is 13.3. The molecular formula is C21H24N2O2S. The van der Waals surface area contributed by atoms with Crippen molar-refractivity contribution < 1.29 is 9.59 Å². The summed E-state index contributed by atoms with van der Waals surface area (Å²) in [6.07, 6.45) is 3.29. The minimum atomic E-state index is -0.606. The lowest BCUT2D eigenvalue weighted by Gasteiger charge is -2.40. The molecule has 0 aromatic heterocycles. The highest BCUT2D eigenvalue weighted by molar-refractivity contribution is 7.98. The lowest BCUT2D eigenvalue weighted by Crippen LogP contribution is -2.50. The molecule has 1 heterocycles. The summed E-state index contributed by atoms with van der Waals surface area (Å²) in [5.74, 6) is 0.0727. The van der Waals surface area contributed by atoms with E-state index in [2.05, 4.69) is 5.32 Å². The summed E-state index contributed by atoms with van der Waals surface area (Å²) in [6.45, 7) is 2.79. The van der Waals surface area contributed by atoms with Gasteiger partial charge in [0.15, 0.2) is 0 Å². The van der Waals surface area contributed by atoms with Crippen LogP contribution in [0.4, 0.5) is 5.69 Å². The van der Waals surface area contributed by atoms with Crippen molar-refractivity contribution in [3.8, 4) is 0 Å². The van der Waals surface area contributed by atoms with E-state index < -0.39 is 5.41 Å². The number of nitrogens with one attached hydrogen (secondary N) is 1. The largest absolute Gasteiger partial charge is 0.343 e. The normalized spacial score (nSPS) is 16.2. The third-order valence-electron chi connectivity index (χ3n) is 5.17. The fourth-order valence-corrected chi connectivity index (χ4v) is 3.94. The number of likely N-dealkylation sites (tertiary alicyclic amines) is 1. The van der Waals surface area contributed by atoms with Crippen LogP contribution in [0.15, 0.2) is 59.5 Å². The van der Waals surface area contributed by atoms with Crippen LogP contribution >= 0.6 is 11.8 Å². The number of thioether (sulfide) groups is 1. The van der Waals surface area contributed by atoms with Crippen molar-refractivity contribution in [2.75, 3.05) is 24.7 Å².